The second-order valence-corrected chi connectivity index (χ2v) is 6.78. The first-order valence-electron chi connectivity index (χ1n) is 8.65. The summed E-state index contributed by atoms with van der Waals surface area (Å²) in [6, 6.07) is 3.85. The molecular weight excluding hydrogens is 334 g/mol. The van der Waals surface area contributed by atoms with Crippen molar-refractivity contribution in [3.05, 3.63) is 35.5 Å². The lowest BCUT2D eigenvalue weighted by molar-refractivity contribution is 0.0709. The van der Waals surface area contributed by atoms with Crippen LogP contribution in [0.1, 0.15) is 40.7 Å². The lowest BCUT2D eigenvalue weighted by Crippen LogP contribution is -2.38. The van der Waals surface area contributed by atoms with E-state index in [2.05, 4.69) is 20.5 Å². The SMILES string of the molecule is Cc1oncc1C(=O)N1CCC(c2nnc3ccc(N(C)C)nn23)CC1. The van der Waals surface area contributed by atoms with Gasteiger partial charge in [-0.15, -0.1) is 15.3 Å². The second kappa shape index (κ2) is 6.40. The van der Waals surface area contributed by atoms with Crippen LogP contribution >= 0.6 is 0 Å². The Balaban J connectivity index is 1.51. The average Bonchev–Trinajstić information content (AvgIpc) is 3.26. The summed E-state index contributed by atoms with van der Waals surface area (Å²) >= 11 is 0. The quantitative estimate of drug-likeness (QED) is 0.703. The van der Waals surface area contributed by atoms with Gasteiger partial charge in [0.25, 0.3) is 5.91 Å². The number of anilines is 1. The number of carbonyl (C=O) groups excluding carboxylic acids is 1. The molecule has 1 fully saturated rings. The van der Waals surface area contributed by atoms with Gasteiger partial charge in [0.1, 0.15) is 17.1 Å². The second-order valence-electron chi connectivity index (χ2n) is 6.78. The predicted octanol–water partition coefficient (Wildman–Crippen LogP) is 1.51. The normalized spacial score (nSPS) is 15.6. The first-order chi connectivity index (χ1) is 12.5. The highest BCUT2D eigenvalue weighted by atomic mass is 16.5. The van der Waals surface area contributed by atoms with Crippen molar-refractivity contribution in [1.29, 1.82) is 0 Å². The first kappa shape index (κ1) is 16.5. The van der Waals surface area contributed by atoms with Gasteiger partial charge in [-0.25, -0.2) is 0 Å². The number of hydrogen-bond donors (Lipinski definition) is 0. The molecule has 1 aliphatic heterocycles. The Morgan fingerprint density at radius 1 is 1.23 bits per heavy atom. The third-order valence-corrected chi connectivity index (χ3v) is 4.86. The third-order valence-electron chi connectivity index (χ3n) is 4.86. The molecule has 0 aromatic carbocycles. The smallest absolute Gasteiger partial charge is 0.259 e. The summed E-state index contributed by atoms with van der Waals surface area (Å²) in [5, 5.41) is 16.9. The number of aryl methyl sites for hydroxylation is 1. The fourth-order valence-electron chi connectivity index (χ4n) is 3.30. The van der Waals surface area contributed by atoms with Crippen LogP contribution in [0.25, 0.3) is 5.65 Å². The van der Waals surface area contributed by atoms with Gasteiger partial charge >= 0.3 is 0 Å². The largest absolute Gasteiger partial charge is 0.361 e. The molecule has 4 heterocycles. The van der Waals surface area contributed by atoms with Crippen LogP contribution < -0.4 is 4.90 Å². The number of rotatable bonds is 3. The van der Waals surface area contributed by atoms with E-state index < -0.39 is 0 Å². The number of carbonyl (C=O) groups is 1. The van der Waals surface area contributed by atoms with Gasteiger partial charge in [-0.3, -0.25) is 4.79 Å². The number of likely N-dealkylation sites (tertiary alicyclic amines) is 1. The number of nitrogens with zero attached hydrogens (tertiary/aromatic N) is 7. The van der Waals surface area contributed by atoms with Gasteiger partial charge in [-0.2, -0.15) is 4.52 Å². The Bertz CT molecular complexity index is 938. The van der Waals surface area contributed by atoms with E-state index in [0.717, 1.165) is 30.1 Å². The van der Waals surface area contributed by atoms with Crippen molar-refractivity contribution in [2.75, 3.05) is 32.1 Å². The maximum absolute atomic E-state index is 12.6. The highest BCUT2D eigenvalue weighted by Gasteiger charge is 2.29. The Labute approximate surface area is 150 Å². The number of amides is 1. The van der Waals surface area contributed by atoms with Gasteiger partial charge in [0, 0.05) is 33.1 Å². The molecule has 0 radical (unpaired) electrons. The zero-order valence-corrected chi connectivity index (χ0v) is 15.1. The summed E-state index contributed by atoms with van der Waals surface area (Å²) in [4.78, 5) is 16.4. The zero-order chi connectivity index (χ0) is 18.3. The van der Waals surface area contributed by atoms with Crippen LogP contribution in [-0.2, 0) is 0 Å². The Morgan fingerprint density at radius 3 is 2.65 bits per heavy atom. The number of hydrogen-bond acceptors (Lipinski definition) is 7. The van der Waals surface area contributed by atoms with Crippen LogP contribution in [0, 0.1) is 6.92 Å². The highest BCUT2D eigenvalue weighted by molar-refractivity contribution is 5.94. The van der Waals surface area contributed by atoms with Crippen LogP contribution in [0.5, 0.6) is 0 Å². The van der Waals surface area contributed by atoms with Crippen molar-refractivity contribution in [1.82, 2.24) is 29.9 Å². The molecule has 26 heavy (non-hydrogen) atoms. The fourth-order valence-corrected chi connectivity index (χ4v) is 3.30. The summed E-state index contributed by atoms with van der Waals surface area (Å²) in [5.74, 6) is 2.47. The lowest BCUT2D eigenvalue weighted by Gasteiger charge is -2.30. The van der Waals surface area contributed by atoms with Crippen molar-refractivity contribution in [3.63, 3.8) is 0 Å². The Morgan fingerprint density at radius 2 is 2.00 bits per heavy atom. The molecule has 0 spiro atoms. The number of fused-ring (bicyclic) bond motifs is 1. The zero-order valence-electron chi connectivity index (χ0n) is 15.1. The van der Waals surface area contributed by atoms with E-state index in [-0.39, 0.29) is 11.8 Å². The molecule has 4 rings (SSSR count). The molecule has 3 aromatic heterocycles. The summed E-state index contributed by atoms with van der Waals surface area (Å²) in [6.45, 7) is 3.08. The van der Waals surface area contributed by atoms with E-state index in [9.17, 15) is 4.79 Å². The molecule has 0 bridgehead atoms. The van der Waals surface area contributed by atoms with Crippen LogP contribution in [0.3, 0.4) is 0 Å². The summed E-state index contributed by atoms with van der Waals surface area (Å²) in [6.07, 6.45) is 3.14. The Kier molecular flexibility index (Phi) is 4.06. The van der Waals surface area contributed by atoms with Crippen molar-refractivity contribution >= 4 is 17.4 Å². The van der Waals surface area contributed by atoms with Gasteiger partial charge < -0.3 is 14.3 Å². The number of piperidine rings is 1. The van der Waals surface area contributed by atoms with Gasteiger partial charge in [-0.1, -0.05) is 5.16 Å². The van der Waals surface area contributed by atoms with E-state index in [1.54, 1.807) is 6.92 Å². The molecule has 1 saturated heterocycles. The van der Waals surface area contributed by atoms with E-state index >= 15 is 0 Å². The van der Waals surface area contributed by atoms with Crippen LogP contribution in [0.15, 0.2) is 22.9 Å². The summed E-state index contributed by atoms with van der Waals surface area (Å²) < 4.78 is 6.82. The molecule has 0 saturated carbocycles. The van der Waals surface area contributed by atoms with Crippen molar-refractivity contribution in [2.24, 2.45) is 0 Å². The first-order valence-corrected chi connectivity index (χ1v) is 8.65. The van der Waals surface area contributed by atoms with E-state index in [0.29, 0.717) is 24.4 Å². The average molecular weight is 355 g/mol. The van der Waals surface area contributed by atoms with Crippen LogP contribution in [-0.4, -0.2) is 63.0 Å². The molecule has 0 N–H and O–H groups in total. The summed E-state index contributed by atoms with van der Waals surface area (Å²) in [7, 11) is 3.91. The van der Waals surface area contributed by atoms with Crippen molar-refractivity contribution in [3.8, 4) is 0 Å². The van der Waals surface area contributed by atoms with Gasteiger partial charge in [0.2, 0.25) is 0 Å². The lowest BCUT2D eigenvalue weighted by atomic mass is 9.95. The maximum atomic E-state index is 12.6. The molecule has 9 nitrogen and oxygen atoms in total. The highest BCUT2D eigenvalue weighted by Crippen LogP contribution is 2.28. The standard InChI is InChI=1S/C17H21N7O2/c1-11-13(10-18-26-11)17(25)23-8-6-12(7-9-23)16-20-19-14-4-5-15(22(2)3)21-24(14)16/h4-5,10,12H,6-9H2,1-3H3. The summed E-state index contributed by atoms with van der Waals surface area (Å²) in [5.41, 5.74) is 1.28. The molecule has 0 unspecified atom stereocenters. The van der Waals surface area contributed by atoms with Crippen LogP contribution in [0.2, 0.25) is 0 Å². The predicted molar refractivity (Wildman–Crippen MR) is 94.2 cm³/mol. The van der Waals surface area contributed by atoms with Gasteiger partial charge in [-0.05, 0) is 31.9 Å². The molecular formula is C17H21N7O2. The molecule has 3 aromatic rings. The molecule has 1 amide bonds. The minimum absolute atomic E-state index is 0.0266. The van der Waals surface area contributed by atoms with Gasteiger partial charge in [0.05, 0.1) is 6.20 Å². The topological polar surface area (TPSA) is 92.7 Å². The molecule has 9 heteroatoms. The van der Waals surface area contributed by atoms with E-state index in [4.69, 9.17) is 4.52 Å². The van der Waals surface area contributed by atoms with Crippen molar-refractivity contribution < 1.29 is 9.32 Å². The molecule has 136 valence electrons. The molecule has 1 aliphatic rings. The minimum atomic E-state index is -0.0266. The van der Waals surface area contributed by atoms with E-state index in [1.807, 2.05) is 40.5 Å². The fraction of sp³-hybridized carbons (Fsp3) is 0.471. The minimum Gasteiger partial charge on any atom is -0.361 e. The maximum Gasteiger partial charge on any atom is 0.259 e. The monoisotopic (exact) mass is 355 g/mol. The Hall–Kier alpha value is -2.97. The van der Waals surface area contributed by atoms with Crippen molar-refractivity contribution in [2.45, 2.75) is 25.7 Å². The molecule has 0 aliphatic carbocycles. The number of aromatic nitrogens is 5. The van der Waals surface area contributed by atoms with Crippen LogP contribution in [0.4, 0.5) is 5.82 Å². The third kappa shape index (κ3) is 2.79. The van der Waals surface area contributed by atoms with E-state index in [1.165, 1.54) is 6.20 Å². The molecule has 0 atom stereocenters. The van der Waals surface area contributed by atoms with Gasteiger partial charge in [0.15, 0.2) is 11.5 Å².